The number of aliphatic hydroxyl groups is 1. The summed E-state index contributed by atoms with van der Waals surface area (Å²) in [6.07, 6.45) is 1.14. The molecule has 0 atom stereocenters. The third kappa shape index (κ3) is 4.38. The van der Waals surface area contributed by atoms with E-state index in [1.807, 2.05) is 4.90 Å². The van der Waals surface area contributed by atoms with Crippen molar-refractivity contribution >= 4 is 21.2 Å². The Morgan fingerprint density at radius 1 is 1.37 bits per heavy atom. The van der Waals surface area contributed by atoms with E-state index in [9.17, 15) is 8.42 Å². The van der Waals surface area contributed by atoms with Crippen LogP contribution in [0, 0.1) is 0 Å². The Labute approximate surface area is 113 Å². The molecule has 1 aromatic carbocycles. The molecule has 0 aromatic heterocycles. The van der Waals surface area contributed by atoms with E-state index in [1.165, 1.54) is 12.1 Å². The fourth-order valence-corrected chi connectivity index (χ4v) is 2.38. The van der Waals surface area contributed by atoms with E-state index in [0.29, 0.717) is 31.1 Å². The third-order valence-electron chi connectivity index (χ3n) is 2.70. The normalized spacial score (nSPS) is 11.5. The lowest BCUT2D eigenvalue weighted by Gasteiger charge is -2.25. The molecule has 3 N–H and O–H groups in total. The van der Waals surface area contributed by atoms with Crippen LogP contribution >= 0.6 is 0 Å². The zero-order chi connectivity index (χ0) is 14.5. The second kappa shape index (κ2) is 6.74. The van der Waals surface area contributed by atoms with E-state index in [0.717, 1.165) is 6.26 Å². The number of sulfone groups is 1. The number of methoxy groups -OCH3 is 1. The number of rotatable bonds is 7. The molecule has 0 spiro atoms. The first-order valence-corrected chi connectivity index (χ1v) is 7.73. The molecule has 0 saturated heterocycles. The maximum Gasteiger partial charge on any atom is 0.175 e. The number of nitrogens with zero attached hydrogens (tertiary/aromatic N) is 1. The highest BCUT2D eigenvalue weighted by molar-refractivity contribution is 7.90. The minimum atomic E-state index is -3.27. The van der Waals surface area contributed by atoms with Crippen LogP contribution in [-0.4, -0.2) is 53.2 Å². The summed E-state index contributed by atoms with van der Waals surface area (Å²) >= 11 is 0. The van der Waals surface area contributed by atoms with Gasteiger partial charge in [-0.3, -0.25) is 0 Å². The van der Waals surface area contributed by atoms with Gasteiger partial charge in [0.1, 0.15) is 0 Å². The Morgan fingerprint density at radius 3 is 2.53 bits per heavy atom. The van der Waals surface area contributed by atoms with Crippen molar-refractivity contribution in [3.63, 3.8) is 0 Å². The van der Waals surface area contributed by atoms with Crippen LogP contribution in [0.4, 0.5) is 11.4 Å². The molecule has 1 aromatic rings. The molecule has 1 rings (SSSR count). The number of benzene rings is 1. The van der Waals surface area contributed by atoms with Gasteiger partial charge in [-0.2, -0.15) is 0 Å². The first-order valence-electron chi connectivity index (χ1n) is 5.84. The molecule has 0 fully saturated rings. The van der Waals surface area contributed by atoms with E-state index in [1.54, 1.807) is 13.2 Å². The number of nitrogen functional groups attached to an aromatic ring is 1. The van der Waals surface area contributed by atoms with Crippen LogP contribution in [0.5, 0.6) is 0 Å². The monoisotopic (exact) mass is 288 g/mol. The first kappa shape index (κ1) is 15.7. The summed E-state index contributed by atoms with van der Waals surface area (Å²) in [6.45, 7) is 1.45. The topological polar surface area (TPSA) is 92.9 Å². The number of hydrogen-bond donors (Lipinski definition) is 2. The van der Waals surface area contributed by atoms with Gasteiger partial charge in [0.15, 0.2) is 9.84 Å². The summed E-state index contributed by atoms with van der Waals surface area (Å²) in [6, 6.07) is 4.59. The number of ether oxygens (including phenoxy) is 1. The van der Waals surface area contributed by atoms with Crippen LogP contribution in [0.1, 0.15) is 0 Å². The quantitative estimate of drug-likeness (QED) is 0.692. The molecule has 108 valence electrons. The molecule has 7 heteroatoms. The molecule has 0 aliphatic carbocycles. The average Bonchev–Trinajstić information content (AvgIpc) is 2.33. The maximum absolute atomic E-state index is 11.4. The predicted octanol–water partition coefficient (Wildman–Crippen LogP) is 0.117. The van der Waals surface area contributed by atoms with Gasteiger partial charge < -0.3 is 20.5 Å². The molecule has 0 aliphatic heterocycles. The minimum absolute atomic E-state index is 0.0169. The molecule has 0 radical (unpaired) electrons. The number of hydrogen-bond acceptors (Lipinski definition) is 6. The lowest BCUT2D eigenvalue weighted by Crippen LogP contribution is -2.30. The largest absolute Gasteiger partial charge is 0.397 e. The highest BCUT2D eigenvalue weighted by Crippen LogP contribution is 2.26. The van der Waals surface area contributed by atoms with E-state index >= 15 is 0 Å². The van der Waals surface area contributed by atoms with Crippen molar-refractivity contribution in [2.24, 2.45) is 0 Å². The van der Waals surface area contributed by atoms with E-state index in [4.69, 9.17) is 15.6 Å². The summed E-state index contributed by atoms with van der Waals surface area (Å²) in [7, 11) is -1.68. The SMILES string of the molecule is COCCN(CCO)c1ccc(S(C)(=O)=O)cc1N. The van der Waals surface area contributed by atoms with E-state index in [-0.39, 0.29) is 11.5 Å². The molecular formula is C12H20N2O4S. The Hall–Kier alpha value is -1.31. The summed E-state index contributed by atoms with van der Waals surface area (Å²) in [5, 5.41) is 9.05. The summed E-state index contributed by atoms with van der Waals surface area (Å²) in [5.74, 6) is 0. The van der Waals surface area contributed by atoms with Gasteiger partial charge in [-0.25, -0.2) is 8.42 Å². The number of anilines is 2. The van der Waals surface area contributed by atoms with Crippen LogP contribution in [0.15, 0.2) is 23.1 Å². The Bertz CT molecular complexity index is 516. The maximum atomic E-state index is 11.4. The van der Waals surface area contributed by atoms with Gasteiger partial charge in [0.25, 0.3) is 0 Å². The molecular weight excluding hydrogens is 268 g/mol. The summed E-state index contributed by atoms with van der Waals surface area (Å²) < 4.78 is 27.9. The van der Waals surface area contributed by atoms with Crippen molar-refractivity contribution in [3.8, 4) is 0 Å². The van der Waals surface area contributed by atoms with Crippen LogP contribution < -0.4 is 10.6 Å². The summed E-state index contributed by atoms with van der Waals surface area (Å²) in [4.78, 5) is 2.04. The van der Waals surface area contributed by atoms with Gasteiger partial charge in [0, 0.05) is 26.5 Å². The second-order valence-electron chi connectivity index (χ2n) is 4.20. The smallest absolute Gasteiger partial charge is 0.175 e. The van der Waals surface area contributed by atoms with Gasteiger partial charge in [0.05, 0.1) is 29.5 Å². The standard InChI is InChI=1S/C12H20N2O4S/c1-18-8-6-14(5-7-15)12-4-3-10(9-11(12)13)19(2,16)17/h3-4,9,15H,5-8,13H2,1-2H3. The summed E-state index contributed by atoms with van der Waals surface area (Å²) in [5.41, 5.74) is 6.95. The van der Waals surface area contributed by atoms with Crippen molar-refractivity contribution in [3.05, 3.63) is 18.2 Å². The molecule has 19 heavy (non-hydrogen) atoms. The molecule has 0 heterocycles. The highest BCUT2D eigenvalue weighted by atomic mass is 32.2. The van der Waals surface area contributed by atoms with E-state index < -0.39 is 9.84 Å². The zero-order valence-corrected chi connectivity index (χ0v) is 12.0. The number of nitrogens with two attached hydrogens (primary N) is 1. The molecule has 0 bridgehead atoms. The average molecular weight is 288 g/mol. The Balaban J connectivity index is 3.04. The highest BCUT2D eigenvalue weighted by Gasteiger charge is 2.13. The molecule has 0 unspecified atom stereocenters. The van der Waals surface area contributed by atoms with Gasteiger partial charge in [-0.1, -0.05) is 0 Å². The van der Waals surface area contributed by atoms with Crippen molar-refractivity contribution in [1.29, 1.82) is 0 Å². The van der Waals surface area contributed by atoms with Gasteiger partial charge >= 0.3 is 0 Å². The van der Waals surface area contributed by atoms with Crippen LogP contribution in [0.3, 0.4) is 0 Å². The van der Waals surface area contributed by atoms with Crippen molar-refractivity contribution in [2.75, 3.05) is 50.3 Å². The van der Waals surface area contributed by atoms with Gasteiger partial charge in [-0.05, 0) is 18.2 Å². The van der Waals surface area contributed by atoms with Crippen molar-refractivity contribution in [1.82, 2.24) is 0 Å². The zero-order valence-electron chi connectivity index (χ0n) is 11.2. The molecule has 0 saturated carbocycles. The molecule has 0 aliphatic rings. The van der Waals surface area contributed by atoms with E-state index in [2.05, 4.69) is 0 Å². The fraction of sp³-hybridized carbons (Fsp3) is 0.500. The van der Waals surface area contributed by atoms with Crippen molar-refractivity contribution in [2.45, 2.75) is 4.90 Å². The first-order chi connectivity index (χ1) is 8.90. The van der Waals surface area contributed by atoms with Crippen molar-refractivity contribution < 1.29 is 18.3 Å². The number of aliphatic hydroxyl groups excluding tert-OH is 1. The van der Waals surface area contributed by atoms with Gasteiger partial charge in [0.2, 0.25) is 0 Å². The van der Waals surface area contributed by atoms with Crippen LogP contribution in [0.25, 0.3) is 0 Å². The van der Waals surface area contributed by atoms with Crippen LogP contribution in [0.2, 0.25) is 0 Å². The Morgan fingerprint density at radius 2 is 2.05 bits per heavy atom. The minimum Gasteiger partial charge on any atom is -0.397 e. The lowest BCUT2D eigenvalue weighted by atomic mass is 10.2. The van der Waals surface area contributed by atoms with Gasteiger partial charge in [-0.15, -0.1) is 0 Å². The predicted molar refractivity (Wildman–Crippen MR) is 75.1 cm³/mol. The van der Waals surface area contributed by atoms with Crippen LogP contribution in [-0.2, 0) is 14.6 Å². The molecule has 6 nitrogen and oxygen atoms in total. The second-order valence-corrected chi connectivity index (χ2v) is 6.21. The third-order valence-corrected chi connectivity index (χ3v) is 3.81. The fourth-order valence-electron chi connectivity index (χ4n) is 1.73. The Kier molecular flexibility index (Phi) is 5.59. The lowest BCUT2D eigenvalue weighted by molar-refractivity contribution is 0.203. The molecule has 0 amide bonds.